The Morgan fingerprint density at radius 3 is 2.30 bits per heavy atom. The van der Waals surface area contributed by atoms with Gasteiger partial charge in [-0.2, -0.15) is 0 Å². The lowest BCUT2D eigenvalue weighted by Crippen LogP contribution is -2.39. The third kappa shape index (κ3) is 2.82. The van der Waals surface area contributed by atoms with Gasteiger partial charge in [-0.05, 0) is 31.7 Å². The van der Waals surface area contributed by atoms with Crippen LogP contribution in [0.5, 0.6) is 0 Å². The highest BCUT2D eigenvalue weighted by atomic mass is 16.3. The molecule has 0 rings (SSSR count). The minimum atomic E-state index is -1.33. The van der Waals surface area contributed by atoms with Crippen molar-refractivity contribution in [2.45, 2.75) is 19.1 Å². The number of hydrogen-bond acceptors (Lipinski definition) is 4. The minimum Gasteiger partial charge on any atom is -0.405 e. The molecule has 7 N–H and O–H groups in total. The van der Waals surface area contributed by atoms with E-state index < -0.39 is 5.72 Å². The summed E-state index contributed by atoms with van der Waals surface area (Å²) in [7, 11) is 0. The Hall–Kier alpha value is -0.580. The van der Waals surface area contributed by atoms with E-state index >= 15 is 0 Å². The van der Waals surface area contributed by atoms with E-state index in [1.807, 2.05) is 0 Å². The largest absolute Gasteiger partial charge is 0.405 e. The molecule has 0 radical (unpaired) electrons. The van der Waals surface area contributed by atoms with E-state index in [-0.39, 0.29) is 0 Å². The van der Waals surface area contributed by atoms with Crippen molar-refractivity contribution in [1.29, 1.82) is 0 Å². The number of aliphatic hydroxyl groups is 1. The molecule has 0 amide bonds. The molecule has 0 aliphatic heterocycles. The Morgan fingerprint density at radius 1 is 1.70 bits per heavy atom. The Balaban J connectivity index is 4.10. The third-order valence-electron chi connectivity index (χ3n) is 1.26. The fraction of sp³-hybridized carbons (Fsp3) is 0.667. The van der Waals surface area contributed by atoms with Gasteiger partial charge in [0.15, 0.2) is 0 Å². The van der Waals surface area contributed by atoms with Crippen LogP contribution in [0.15, 0.2) is 11.8 Å². The van der Waals surface area contributed by atoms with Crippen LogP contribution >= 0.6 is 0 Å². The first-order chi connectivity index (χ1) is 4.52. The summed E-state index contributed by atoms with van der Waals surface area (Å²) >= 11 is 0. The Labute approximate surface area is 60.7 Å². The molecule has 10 heavy (non-hydrogen) atoms. The molecule has 0 aliphatic rings. The number of nitrogens with two attached hydrogens (primary N) is 3. The molecule has 1 unspecified atom stereocenters. The average molecular weight is 145 g/mol. The molecule has 0 saturated carbocycles. The fourth-order valence-corrected chi connectivity index (χ4v) is 0.661. The Kier molecular flexibility index (Phi) is 3.35. The zero-order valence-electron chi connectivity index (χ0n) is 6.17. The lowest BCUT2D eigenvalue weighted by Gasteiger charge is -2.20. The van der Waals surface area contributed by atoms with E-state index in [9.17, 15) is 5.11 Å². The van der Waals surface area contributed by atoms with Gasteiger partial charge in [-0.15, -0.1) is 0 Å². The van der Waals surface area contributed by atoms with Crippen LogP contribution in [0.3, 0.4) is 0 Å². The van der Waals surface area contributed by atoms with Crippen molar-refractivity contribution < 1.29 is 5.11 Å². The normalized spacial score (nSPS) is 18.6. The quantitative estimate of drug-likeness (QED) is 0.377. The van der Waals surface area contributed by atoms with Crippen molar-refractivity contribution in [2.24, 2.45) is 17.2 Å². The summed E-state index contributed by atoms with van der Waals surface area (Å²) in [6.07, 6.45) is 1.83. The van der Waals surface area contributed by atoms with E-state index in [0.717, 1.165) is 0 Å². The molecule has 1 atom stereocenters. The summed E-state index contributed by atoms with van der Waals surface area (Å²) in [6.45, 7) is 1.91. The van der Waals surface area contributed by atoms with Gasteiger partial charge in [-0.3, -0.25) is 0 Å². The van der Waals surface area contributed by atoms with Gasteiger partial charge in [0.1, 0.15) is 5.72 Å². The average Bonchev–Trinajstić information content (AvgIpc) is 1.80. The van der Waals surface area contributed by atoms with Crippen molar-refractivity contribution in [3.63, 3.8) is 0 Å². The van der Waals surface area contributed by atoms with Crippen molar-refractivity contribution in [3.05, 3.63) is 11.8 Å². The van der Waals surface area contributed by atoms with E-state index in [0.29, 0.717) is 18.5 Å². The second-order valence-corrected chi connectivity index (χ2v) is 2.38. The van der Waals surface area contributed by atoms with E-state index in [4.69, 9.17) is 17.2 Å². The summed E-state index contributed by atoms with van der Waals surface area (Å²) in [4.78, 5) is 0. The number of hydrogen-bond donors (Lipinski definition) is 4. The van der Waals surface area contributed by atoms with E-state index in [2.05, 4.69) is 0 Å². The van der Waals surface area contributed by atoms with Crippen LogP contribution in [0.2, 0.25) is 0 Å². The van der Waals surface area contributed by atoms with Gasteiger partial charge in [0.2, 0.25) is 0 Å². The predicted molar refractivity (Wildman–Crippen MR) is 40.8 cm³/mol. The highest BCUT2D eigenvalue weighted by molar-refractivity contribution is 5.11. The first kappa shape index (κ1) is 9.42. The molecule has 0 aromatic rings. The van der Waals surface area contributed by atoms with Crippen molar-refractivity contribution in [1.82, 2.24) is 0 Å². The molecule has 0 bridgehead atoms. The SMILES string of the molecule is CC(N)(O)C(=CN)CCN. The molecule has 0 saturated heterocycles. The third-order valence-corrected chi connectivity index (χ3v) is 1.26. The molecule has 4 heteroatoms. The van der Waals surface area contributed by atoms with Crippen molar-refractivity contribution >= 4 is 0 Å². The molecular weight excluding hydrogens is 130 g/mol. The van der Waals surface area contributed by atoms with Crippen molar-refractivity contribution in [2.75, 3.05) is 6.54 Å². The molecule has 0 aromatic heterocycles. The molecule has 60 valence electrons. The van der Waals surface area contributed by atoms with Gasteiger partial charge in [-0.25, -0.2) is 0 Å². The standard InChI is InChI=1S/C6H15N3O/c1-6(9,10)5(4-8)2-3-7/h4,10H,2-3,7-9H2,1H3. The van der Waals surface area contributed by atoms with Crippen LogP contribution in [-0.4, -0.2) is 17.4 Å². The second-order valence-electron chi connectivity index (χ2n) is 2.38. The van der Waals surface area contributed by atoms with Crippen LogP contribution in [0.4, 0.5) is 0 Å². The smallest absolute Gasteiger partial charge is 0.134 e. The van der Waals surface area contributed by atoms with Crippen LogP contribution in [0, 0.1) is 0 Å². The maximum Gasteiger partial charge on any atom is 0.134 e. The molecule has 0 heterocycles. The highest BCUT2D eigenvalue weighted by Crippen LogP contribution is 2.10. The van der Waals surface area contributed by atoms with Crippen LogP contribution in [-0.2, 0) is 0 Å². The maximum atomic E-state index is 9.18. The summed E-state index contributed by atoms with van der Waals surface area (Å²) in [6, 6.07) is 0. The summed E-state index contributed by atoms with van der Waals surface area (Å²) in [5, 5.41) is 9.18. The zero-order chi connectivity index (χ0) is 8.20. The second kappa shape index (κ2) is 3.55. The number of rotatable bonds is 3. The van der Waals surface area contributed by atoms with Crippen molar-refractivity contribution in [3.8, 4) is 0 Å². The van der Waals surface area contributed by atoms with Gasteiger partial charge < -0.3 is 22.3 Å². The van der Waals surface area contributed by atoms with Gasteiger partial charge in [0.05, 0.1) is 0 Å². The first-order valence-electron chi connectivity index (χ1n) is 3.15. The summed E-state index contributed by atoms with van der Waals surface area (Å²) < 4.78 is 0. The maximum absolute atomic E-state index is 9.18. The molecule has 0 fully saturated rings. The monoisotopic (exact) mass is 145 g/mol. The zero-order valence-corrected chi connectivity index (χ0v) is 6.17. The lowest BCUT2D eigenvalue weighted by molar-refractivity contribution is 0.102. The Bertz CT molecular complexity index is 125. The van der Waals surface area contributed by atoms with E-state index in [1.165, 1.54) is 13.1 Å². The molecule has 0 aliphatic carbocycles. The first-order valence-corrected chi connectivity index (χ1v) is 3.15. The molecular formula is C6H15N3O. The van der Waals surface area contributed by atoms with Gasteiger partial charge in [-0.1, -0.05) is 0 Å². The highest BCUT2D eigenvalue weighted by Gasteiger charge is 2.17. The summed E-state index contributed by atoms with van der Waals surface area (Å²) in [5.41, 5.74) is 15.0. The fourth-order valence-electron chi connectivity index (χ4n) is 0.661. The van der Waals surface area contributed by atoms with Crippen LogP contribution < -0.4 is 17.2 Å². The Morgan fingerprint density at radius 2 is 2.20 bits per heavy atom. The van der Waals surface area contributed by atoms with Gasteiger partial charge in [0.25, 0.3) is 0 Å². The van der Waals surface area contributed by atoms with Crippen LogP contribution in [0.1, 0.15) is 13.3 Å². The minimum absolute atomic E-state index is 0.441. The molecule has 0 aromatic carbocycles. The van der Waals surface area contributed by atoms with Gasteiger partial charge in [0, 0.05) is 0 Å². The molecule has 0 spiro atoms. The van der Waals surface area contributed by atoms with Crippen LogP contribution in [0.25, 0.3) is 0 Å². The lowest BCUT2D eigenvalue weighted by atomic mass is 10.0. The predicted octanol–water partition coefficient (Wildman–Crippen LogP) is -1.16. The topological polar surface area (TPSA) is 98.3 Å². The van der Waals surface area contributed by atoms with E-state index in [1.54, 1.807) is 0 Å². The summed E-state index contributed by atoms with van der Waals surface area (Å²) in [5.74, 6) is 0. The van der Waals surface area contributed by atoms with Gasteiger partial charge >= 0.3 is 0 Å². The molecule has 4 nitrogen and oxygen atoms in total.